The molecular formula is C15H19N3O3S. The maximum Gasteiger partial charge on any atom is 0.272 e. The second-order valence-corrected chi connectivity index (χ2v) is 5.81. The predicted molar refractivity (Wildman–Crippen MR) is 87.9 cm³/mol. The van der Waals surface area contributed by atoms with Crippen LogP contribution in [-0.4, -0.2) is 33.9 Å². The molecule has 0 saturated carbocycles. The third-order valence-electron chi connectivity index (χ3n) is 3.77. The van der Waals surface area contributed by atoms with Crippen LogP contribution in [0.5, 0.6) is 0 Å². The standard InChI is InChI=1S/C15H19N3O3S/c1-11-10-12(6-7-13(11)18(20)21)14(19)16-15(22)17-8-4-2-3-5-9-17/h6-7,10H,2-5,8-9H2,1H3,(H,16,19,22). The minimum atomic E-state index is -0.459. The van der Waals surface area contributed by atoms with Gasteiger partial charge in [0.15, 0.2) is 5.11 Å². The van der Waals surface area contributed by atoms with Crippen molar-refractivity contribution >= 4 is 28.9 Å². The van der Waals surface area contributed by atoms with Gasteiger partial charge in [-0.3, -0.25) is 20.2 Å². The molecule has 1 aromatic rings. The molecule has 0 spiro atoms. The molecule has 118 valence electrons. The van der Waals surface area contributed by atoms with Crippen molar-refractivity contribution in [2.75, 3.05) is 13.1 Å². The zero-order valence-electron chi connectivity index (χ0n) is 12.5. The first-order valence-corrected chi connectivity index (χ1v) is 7.75. The molecule has 1 saturated heterocycles. The van der Waals surface area contributed by atoms with Gasteiger partial charge in [-0.2, -0.15) is 0 Å². The number of rotatable bonds is 2. The SMILES string of the molecule is Cc1cc(C(=O)NC(=S)N2CCCCCC2)ccc1[N+](=O)[O-]. The van der Waals surface area contributed by atoms with E-state index in [1.54, 1.807) is 6.92 Å². The average Bonchev–Trinajstić information content (AvgIpc) is 2.75. The Labute approximate surface area is 134 Å². The fraction of sp³-hybridized carbons (Fsp3) is 0.467. The number of nitrogens with one attached hydrogen (secondary N) is 1. The third kappa shape index (κ3) is 4.00. The summed E-state index contributed by atoms with van der Waals surface area (Å²) in [4.78, 5) is 24.6. The Morgan fingerprint density at radius 1 is 1.27 bits per heavy atom. The first kappa shape index (κ1) is 16.4. The summed E-state index contributed by atoms with van der Waals surface area (Å²) in [6.07, 6.45) is 4.53. The number of nitrogens with zero attached hydrogens (tertiary/aromatic N) is 2. The van der Waals surface area contributed by atoms with Crippen molar-refractivity contribution < 1.29 is 9.72 Å². The number of carbonyl (C=O) groups is 1. The Hall–Kier alpha value is -2.02. The molecule has 0 aromatic heterocycles. The molecule has 6 nitrogen and oxygen atoms in total. The maximum atomic E-state index is 12.2. The van der Waals surface area contributed by atoms with Gasteiger partial charge in [0.25, 0.3) is 11.6 Å². The third-order valence-corrected chi connectivity index (χ3v) is 4.13. The summed E-state index contributed by atoms with van der Waals surface area (Å²) < 4.78 is 0. The van der Waals surface area contributed by atoms with Crippen LogP contribution in [0.15, 0.2) is 18.2 Å². The second kappa shape index (κ2) is 7.31. The zero-order chi connectivity index (χ0) is 16.1. The highest BCUT2D eigenvalue weighted by Crippen LogP contribution is 2.18. The molecule has 0 radical (unpaired) electrons. The lowest BCUT2D eigenvalue weighted by Gasteiger charge is -2.23. The molecule has 2 rings (SSSR count). The molecule has 1 N–H and O–H groups in total. The van der Waals surface area contributed by atoms with Gasteiger partial charge in [0.05, 0.1) is 4.92 Å². The smallest absolute Gasteiger partial charge is 0.272 e. The van der Waals surface area contributed by atoms with E-state index in [0.29, 0.717) is 16.2 Å². The number of amides is 1. The molecule has 1 heterocycles. The molecule has 1 aliphatic heterocycles. The molecule has 1 amide bonds. The molecule has 1 aliphatic rings. The van der Waals surface area contributed by atoms with E-state index in [-0.39, 0.29) is 11.6 Å². The zero-order valence-corrected chi connectivity index (χ0v) is 13.3. The van der Waals surface area contributed by atoms with Crippen LogP contribution in [0.4, 0.5) is 5.69 Å². The highest BCUT2D eigenvalue weighted by molar-refractivity contribution is 7.80. The van der Waals surface area contributed by atoms with Crippen molar-refractivity contribution in [2.24, 2.45) is 0 Å². The van der Waals surface area contributed by atoms with Crippen LogP contribution >= 0.6 is 12.2 Å². The van der Waals surface area contributed by atoms with Gasteiger partial charge in [0.2, 0.25) is 0 Å². The van der Waals surface area contributed by atoms with Gasteiger partial charge in [-0.15, -0.1) is 0 Å². The van der Waals surface area contributed by atoms with E-state index >= 15 is 0 Å². The molecule has 7 heteroatoms. The molecule has 0 aliphatic carbocycles. The lowest BCUT2D eigenvalue weighted by atomic mass is 10.1. The average molecular weight is 321 g/mol. The largest absolute Gasteiger partial charge is 0.349 e. The van der Waals surface area contributed by atoms with Crippen LogP contribution < -0.4 is 5.32 Å². The van der Waals surface area contributed by atoms with Gasteiger partial charge >= 0.3 is 0 Å². The van der Waals surface area contributed by atoms with Gasteiger partial charge in [0, 0.05) is 30.3 Å². The van der Waals surface area contributed by atoms with E-state index in [2.05, 4.69) is 5.32 Å². The summed E-state index contributed by atoms with van der Waals surface area (Å²) in [6, 6.07) is 4.31. The Bertz CT molecular complexity index is 596. The van der Waals surface area contributed by atoms with Crippen LogP contribution in [0.3, 0.4) is 0 Å². The summed E-state index contributed by atoms with van der Waals surface area (Å²) in [5, 5.41) is 13.9. The van der Waals surface area contributed by atoms with Crippen LogP contribution in [0.1, 0.15) is 41.6 Å². The maximum absolute atomic E-state index is 12.2. The molecule has 1 fully saturated rings. The number of thiocarbonyl (C=S) groups is 1. The van der Waals surface area contributed by atoms with Gasteiger partial charge in [-0.1, -0.05) is 12.8 Å². The van der Waals surface area contributed by atoms with Crippen molar-refractivity contribution in [3.63, 3.8) is 0 Å². The lowest BCUT2D eigenvalue weighted by molar-refractivity contribution is -0.385. The Morgan fingerprint density at radius 2 is 1.91 bits per heavy atom. The molecule has 0 atom stereocenters. The van der Waals surface area contributed by atoms with Crippen molar-refractivity contribution in [3.8, 4) is 0 Å². The van der Waals surface area contributed by atoms with E-state index in [9.17, 15) is 14.9 Å². The van der Waals surface area contributed by atoms with Crippen LogP contribution in [0, 0.1) is 17.0 Å². The lowest BCUT2D eigenvalue weighted by Crippen LogP contribution is -2.43. The number of likely N-dealkylation sites (tertiary alicyclic amines) is 1. The number of nitro groups is 1. The molecule has 22 heavy (non-hydrogen) atoms. The van der Waals surface area contributed by atoms with E-state index in [1.165, 1.54) is 31.0 Å². The van der Waals surface area contributed by atoms with Gasteiger partial charge in [-0.05, 0) is 44.1 Å². The van der Waals surface area contributed by atoms with E-state index in [0.717, 1.165) is 25.9 Å². The number of hydrogen-bond acceptors (Lipinski definition) is 4. The summed E-state index contributed by atoms with van der Waals surface area (Å²) in [6.45, 7) is 3.33. The Balaban J connectivity index is 2.03. The van der Waals surface area contributed by atoms with Crippen molar-refractivity contribution in [2.45, 2.75) is 32.6 Å². The molecular weight excluding hydrogens is 302 g/mol. The van der Waals surface area contributed by atoms with Crippen LogP contribution in [0.2, 0.25) is 0 Å². The van der Waals surface area contributed by atoms with Crippen molar-refractivity contribution in [1.82, 2.24) is 10.2 Å². The highest BCUT2D eigenvalue weighted by Gasteiger charge is 2.17. The number of hydrogen-bond donors (Lipinski definition) is 1. The van der Waals surface area contributed by atoms with Gasteiger partial charge in [-0.25, -0.2) is 0 Å². The second-order valence-electron chi connectivity index (χ2n) is 5.42. The number of benzene rings is 1. The predicted octanol–water partition coefficient (Wildman–Crippen LogP) is 2.79. The summed E-state index contributed by atoms with van der Waals surface area (Å²) in [5.41, 5.74) is 0.838. The fourth-order valence-corrected chi connectivity index (χ4v) is 2.80. The first-order valence-electron chi connectivity index (χ1n) is 7.34. The summed E-state index contributed by atoms with van der Waals surface area (Å²) >= 11 is 5.30. The van der Waals surface area contributed by atoms with Crippen molar-refractivity contribution in [3.05, 3.63) is 39.4 Å². The summed E-state index contributed by atoms with van der Waals surface area (Å²) in [5.74, 6) is -0.327. The first-order chi connectivity index (χ1) is 10.5. The monoisotopic (exact) mass is 321 g/mol. The van der Waals surface area contributed by atoms with Gasteiger partial charge in [0.1, 0.15) is 0 Å². The van der Waals surface area contributed by atoms with E-state index < -0.39 is 4.92 Å². The minimum Gasteiger partial charge on any atom is -0.349 e. The minimum absolute atomic E-state index is 0.00615. The van der Waals surface area contributed by atoms with Crippen molar-refractivity contribution in [1.29, 1.82) is 0 Å². The Kier molecular flexibility index (Phi) is 5.43. The van der Waals surface area contributed by atoms with E-state index in [4.69, 9.17) is 12.2 Å². The topological polar surface area (TPSA) is 75.5 Å². The van der Waals surface area contributed by atoms with Crippen LogP contribution in [0.25, 0.3) is 0 Å². The fourth-order valence-electron chi connectivity index (χ4n) is 2.52. The number of aryl methyl sites for hydroxylation is 1. The molecule has 0 bridgehead atoms. The Morgan fingerprint density at radius 3 is 2.45 bits per heavy atom. The normalized spacial score (nSPS) is 15.0. The van der Waals surface area contributed by atoms with Gasteiger partial charge < -0.3 is 4.90 Å². The number of nitro benzene ring substituents is 1. The van der Waals surface area contributed by atoms with E-state index in [1.807, 2.05) is 4.90 Å². The molecule has 0 unspecified atom stereocenters. The highest BCUT2D eigenvalue weighted by atomic mass is 32.1. The quantitative estimate of drug-likeness (QED) is 0.515. The molecule has 1 aromatic carbocycles. The van der Waals surface area contributed by atoms with Crippen LogP contribution in [-0.2, 0) is 0 Å². The summed E-state index contributed by atoms with van der Waals surface area (Å²) in [7, 11) is 0. The number of carbonyl (C=O) groups excluding carboxylic acids is 1.